The molecule has 0 amide bonds. The zero-order chi connectivity index (χ0) is 27.0. The molecule has 0 fully saturated rings. The lowest BCUT2D eigenvalue weighted by Crippen LogP contribution is -2.22. The van der Waals surface area contributed by atoms with E-state index in [0.717, 1.165) is 0 Å². The fourth-order valence-electron chi connectivity index (χ4n) is 3.44. The Morgan fingerprint density at radius 3 is 2.38 bits per heavy atom. The van der Waals surface area contributed by atoms with Gasteiger partial charge in [-0.25, -0.2) is 27.9 Å². The van der Waals surface area contributed by atoms with Crippen LogP contribution < -0.4 is 15.8 Å². The molecule has 4 N–H and O–H groups in total. The van der Waals surface area contributed by atoms with Crippen LogP contribution in [-0.2, 0) is 10.0 Å². The standard InChI is InChI=1S/C23H19ClF4N6O2S/c1-12(14-8-15(24)10-17(9-14)37(29,35)36)31-22-33-19-7-6-18(13-2-4-16(25)5-3-13)32-20(19)21(34-22)30-11-23(26,27)28/h2-10,12H,11H2,1H3,(H2,29,35,36)(H2,30,31,33,34). The summed E-state index contributed by atoms with van der Waals surface area (Å²) in [6, 6.07) is 12.0. The molecule has 2 aromatic carbocycles. The Labute approximate surface area is 214 Å². The van der Waals surface area contributed by atoms with Crippen LogP contribution in [0.1, 0.15) is 18.5 Å². The van der Waals surface area contributed by atoms with Crippen LogP contribution in [0.4, 0.5) is 29.3 Å². The number of primary sulfonamides is 1. The second-order valence-corrected chi connectivity index (χ2v) is 10.1. The third-order valence-electron chi connectivity index (χ3n) is 5.21. The zero-order valence-electron chi connectivity index (χ0n) is 19.0. The highest BCUT2D eigenvalue weighted by molar-refractivity contribution is 7.89. The first-order valence-corrected chi connectivity index (χ1v) is 12.6. The van der Waals surface area contributed by atoms with E-state index in [1.165, 1.54) is 42.5 Å². The fraction of sp³-hybridized carbons (Fsp3) is 0.174. The first kappa shape index (κ1) is 26.5. The molecule has 1 atom stereocenters. The van der Waals surface area contributed by atoms with Gasteiger partial charge in [-0.15, -0.1) is 0 Å². The summed E-state index contributed by atoms with van der Waals surface area (Å²) >= 11 is 6.04. The Balaban J connectivity index is 1.73. The van der Waals surface area contributed by atoms with Crippen LogP contribution in [-0.4, -0.2) is 36.1 Å². The van der Waals surface area contributed by atoms with Crippen molar-refractivity contribution in [3.05, 3.63) is 71.0 Å². The molecule has 0 aliphatic carbocycles. The van der Waals surface area contributed by atoms with Crippen LogP contribution in [0.15, 0.2) is 59.5 Å². The van der Waals surface area contributed by atoms with Crippen LogP contribution in [0.5, 0.6) is 0 Å². The lowest BCUT2D eigenvalue weighted by molar-refractivity contribution is -0.115. The number of nitrogens with two attached hydrogens (primary N) is 1. The Hall–Kier alpha value is -3.55. The number of aromatic nitrogens is 3. The predicted octanol–water partition coefficient (Wildman–Crippen LogP) is 5.28. The van der Waals surface area contributed by atoms with Crippen molar-refractivity contribution < 1.29 is 26.0 Å². The molecule has 2 aromatic heterocycles. The Bertz CT molecular complexity index is 1570. The molecular formula is C23H19ClF4N6O2S. The summed E-state index contributed by atoms with van der Waals surface area (Å²) < 4.78 is 75.7. The van der Waals surface area contributed by atoms with Gasteiger partial charge < -0.3 is 10.6 Å². The van der Waals surface area contributed by atoms with E-state index < -0.39 is 34.6 Å². The number of rotatable bonds is 7. The minimum atomic E-state index is -4.53. The summed E-state index contributed by atoms with van der Waals surface area (Å²) in [5.41, 5.74) is 1.66. The van der Waals surface area contributed by atoms with Crippen molar-refractivity contribution in [1.82, 2.24) is 15.0 Å². The number of nitrogens with zero attached hydrogens (tertiary/aromatic N) is 3. The van der Waals surface area contributed by atoms with Gasteiger partial charge in [0.1, 0.15) is 17.9 Å². The zero-order valence-corrected chi connectivity index (χ0v) is 20.6. The van der Waals surface area contributed by atoms with Crippen molar-refractivity contribution in [3.63, 3.8) is 0 Å². The topological polar surface area (TPSA) is 123 Å². The summed E-state index contributed by atoms with van der Waals surface area (Å²) in [4.78, 5) is 12.7. The molecule has 0 saturated carbocycles. The second-order valence-electron chi connectivity index (χ2n) is 8.07. The van der Waals surface area contributed by atoms with Gasteiger partial charge in [0.25, 0.3) is 0 Å². The first-order chi connectivity index (χ1) is 17.3. The van der Waals surface area contributed by atoms with E-state index in [0.29, 0.717) is 16.8 Å². The average molecular weight is 555 g/mol. The fourth-order valence-corrected chi connectivity index (χ4v) is 4.34. The van der Waals surface area contributed by atoms with E-state index in [9.17, 15) is 26.0 Å². The van der Waals surface area contributed by atoms with Crippen LogP contribution >= 0.6 is 11.6 Å². The van der Waals surface area contributed by atoms with Gasteiger partial charge >= 0.3 is 6.18 Å². The number of nitrogens with one attached hydrogen (secondary N) is 2. The van der Waals surface area contributed by atoms with Crippen molar-refractivity contribution in [3.8, 4) is 11.3 Å². The normalized spacial score (nSPS) is 12.9. The molecule has 4 rings (SSSR count). The average Bonchev–Trinajstić information content (AvgIpc) is 2.81. The smallest absolute Gasteiger partial charge is 0.359 e. The van der Waals surface area contributed by atoms with Gasteiger partial charge in [-0.05, 0) is 67.1 Å². The van der Waals surface area contributed by atoms with E-state index in [1.807, 2.05) is 0 Å². The summed E-state index contributed by atoms with van der Waals surface area (Å²) in [6.45, 7) is 0.285. The number of sulfonamides is 1. The minimum absolute atomic E-state index is 0.0434. The Morgan fingerprint density at radius 1 is 1.03 bits per heavy atom. The number of halogens is 5. The molecule has 37 heavy (non-hydrogen) atoms. The van der Waals surface area contributed by atoms with Gasteiger partial charge in [-0.2, -0.15) is 18.2 Å². The van der Waals surface area contributed by atoms with Gasteiger partial charge in [0.2, 0.25) is 16.0 Å². The molecule has 1 unspecified atom stereocenters. The number of alkyl halides is 3. The molecule has 0 bridgehead atoms. The van der Waals surface area contributed by atoms with E-state index in [1.54, 1.807) is 19.1 Å². The van der Waals surface area contributed by atoms with Gasteiger partial charge in [0.05, 0.1) is 22.1 Å². The molecule has 0 radical (unpaired) electrons. The molecule has 2 heterocycles. The lowest BCUT2D eigenvalue weighted by Gasteiger charge is -2.18. The molecule has 4 aromatic rings. The monoisotopic (exact) mass is 554 g/mol. The summed E-state index contributed by atoms with van der Waals surface area (Å²) in [6.07, 6.45) is -4.53. The van der Waals surface area contributed by atoms with Gasteiger partial charge in [0.15, 0.2) is 5.82 Å². The lowest BCUT2D eigenvalue weighted by atomic mass is 10.1. The highest BCUT2D eigenvalue weighted by atomic mass is 35.5. The summed E-state index contributed by atoms with van der Waals surface area (Å²) in [5, 5.41) is 10.5. The number of benzene rings is 2. The molecule has 0 spiro atoms. The quantitative estimate of drug-likeness (QED) is 0.266. The number of fused-ring (bicyclic) bond motifs is 1. The van der Waals surface area contributed by atoms with E-state index in [2.05, 4.69) is 25.6 Å². The number of anilines is 2. The van der Waals surface area contributed by atoms with E-state index in [-0.39, 0.29) is 32.7 Å². The van der Waals surface area contributed by atoms with Crippen molar-refractivity contribution >= 4 is 44.4 Å². The second kappa shape index (κ2) is 10.1. The maximum atomic E-state index is 13.3. The predicted molar refractivity (Wildman–Crippen MR) is 132 cm³/mol. The van der Waals surface area contributed by atoms with Crippen molar-refractivity contribution in [2.24, 2.45) is 5.14 Å². The Morgan fingerprint density at radius 2 is 1.73 bits per heavy atom. The molecule has 0 aliphatic rings. The minimum Gasteiger partial charge on any atom is -0.359 e. The number of hydrogen-bond acceptors (Lipinski definition) is 7. The molecule has 8 nitrogen and oxygen atoms in total. The van der Waals surface area contributed by atoms with Gasteiger partial charge in [0, 0.05) is 10.6 Å². The number of pyridine rings is 1. The van der Waals surface area contributed by atoms with Crippen LogP contribution in [0.25, 0.3) is 22.3 Å². The highest BCUT2D eigenvalue weighted by Gasteiger charge is 2.28. The molecular weight excluding hydrogens is 536 g/mol. The summed E-state index contributed by atoms with van der Waals surface area (Å²) in [5.74, 6) is -0.670. The van der Waals surface area contributed by atoms with Gasteiger partial charge in [-0.3, -0.25) is 0 Å². The van der Waals surface area contributed by atoms with Crippen LogP contribution in [0.2, 0.25) is 5.02 Å². The first-order valence-electron chi connectivity index (χ1n) is 10.6. The Kier molecular flexibility index (Phi) is 7.22. The molecule has 14 heteroatoms. The largest absolute Gasteiger partial charge is 0.405 e. The molecule has 0 saturated heterocycles. The van der Waals surface area contributed by atoms with Crippen LogP contribution in [0, 0.1) is 5.82 Å². The maximum Gasteiger partial charge on any atom is 0.405 e. The van der Waals surface area contributed by atoms with Crippen molar-refractivity contribution in [2.75, 3.05) is 17.2 Å². The third-order valence-corrected chi connectivity index (χ3v) is 6.32. The highest BCUT2D eigenvalue weighted by Crippen LogP contribution is 2.29. The van der Waals surface area contributed by atoms with E-state index >= 15 is 0 Å². The van der Waals surface area contributed by atoms with Gasteiger partial charge in [-0.1, -0.05) is 11.6 Å². The molecule has 194 valence electrons. The molecule has 0 aliphatic heterocycles. The van der Waals surface area contributed by atoms with Crippen molar-refractivity contribution in [1.29, 1.82) is 0 Å². The van der Waals surface area contributed by atoms with E-state index in [4.69, 9.17) is 16.7 Å². The SMILES string of the molecule is CC(Nc1nc(NCC(F)(F)F)c2nc(-c3ccc(F)cc3)ccc2n1)c1cc(Cl)cc(S(N)(=O)=O)c1. The number of hydrogen-bond donors (Lipinski definition) is 3. The van der Waals surface area contributed by atoms with Crippen molar-refractivity contribution in [2.45, 2.75) is 24.0 Å². The summed E-state index contributed by atoms with van der Waals surface area (Å²) in [7, 11) is -4.03. The maximum absolute atomic E-state index is 13.3. The van der Waals surface area contributed by atoms with Crippen LogP contribution in [0.3, 0.4) is 0 Å². The third kappa shape index (κ3) is 6.61.